The predicted molar refractivity (Wildman–Crippen MR) is 77.4 cm³/mol. The molecule has 3 nitrogen and oxygen atoms in total. The van der Waals surface area contributed by atoms with Gasteiger partial charge < -0.3 is 14.8 Å². The van der Waals surface area contributed by atoms with Crippen molar-refractivity contribution in [3.63, 3.8) is 0 Å². The van der Waals surface area contributed by atoms with Crippen LogP contribution in [0, 0.1) is 5.41 Å². The van der Waals surface area contributed by atoms with Crippen LogP contribution >= 0.6 is 0 Å². The van der Waals surface area contributed by atoms with Gasteiger partial charge in [0.2, 0.25) is 0 Å². The lowest BCUT2D eigenvalue weighted by Gasteiger charge is -2.51. The van der Waals surface area contributed by atoms with Crippen molar-refractivity contribution >= 4 is 0 Å². The summed E-state index contributed by atoms with van der Waals surface area (Å²) in [5, 5.41) is 3.63. The van der Waals surface area contributed by atoms with Crippen LogP contribution in [0.15, 0.2) is 24.3 Å². The lowest BCUT2D eigenvalue weighted by Crippen LogP contribution is -2.60. The third-order valence-corrected chi connectivity index (χ3v) is 4.27. The average molecular weight is 263 g/mol. The molecular formula is C16H25NO2. The number of nitrogens with one attached hydrogen (secondary N) is 1. The zero-order valence-electron chi connectivity index (χ0n) is 12.4. The summed E-state index contributed by atoms with van der Waals surface area (Å²) < 4.78 is 11.1. The largest absolute Gasteiger partial charge is 0.494 e. The number of methoxy groups -OCH3 is 1. The zero-order valence-corrected chi connectivity index (χ0v) is 12.4. The van der Waals surface area contributed by atoms with Crippen molar-refractivity contribution in [1.29, 1.82) is 0 Å². The van der Waals surface area contributed by atoms with E-state index in [-0.39, 0.29) is 5.41 Å². The Bertz CT molecular complexity index is 417. The molecule has 0 bridgehead atoms. The molecule has 1 aliphatic rings. The molecule has 0 aromatic heterocycles. The maximum atomic E-state index is 5.65. The molecule has 1 aromatic rings. The summed E-state index contributed by atoms with van der Waals surface area (Å²) in [5.41, 5.74) is 1.43. The molecule has 2 atom stereocenters. The topological polar surface area (TPSA) is 30.5 Å². The number of ether oxygens (including phenoxy) is 2. The van der Waals surface area contributed by atoms with Crippen molar-refractivity contribution < 1.29 is 9.47 Å². The van der Waals surface area contributed by atoms with E-state index < -0.39 is 0 Å². The van der Waals surface area contributed by atoms with Crippen LogP contribution in [0.1, 0.15) is 32.8 Å². The molecule has 3 heteroatoms. The summed E-state index contributed by atoms with van der Waals surface area (Å²) in [6.07, 6.45) is 1.45. The Kier molecular flexibility index (Phi) is 4.48. The molecule has 2 rings (SSSR count). The van der Waals surface area contributed by atoms with Crippen LogP contribution in [-0.4, -0.2) is 25.9 Å². The fraction of sp³-hybridized carbons (Fsp3) is 0.625. The quantitative estimate of drug-likeness (QED) is 0.856. The zero-order chi connectivity index (χ0) is 13.9. The normalized spacial score (nSPS) is 24.8. The van der Waals surface area contributed by atoms with E-state index in [9.17, 15) is 0 Å². The predicted octanol–water partition coefficient (Wildman–Crippen LogP) is 2.99. The Morgan fingerprint density at radius 1 is 1.32 bits per heavy atom. The second-order valence-electron chi connectivity index (χ2n) is 5.76. The molecule has 1 fully saturated rings. The molecule has 0 heterocycles. The molecule has 0 radical (unpaired) electrons. The fourth-order valence-corrected chi connectivity index (χ4v) is 2.81. The van der Waals surface area contributed by atoms with Gasteiger partial charge in [-0.3, -0.25) is 0 Å². The first-order chi connectivity index (χ1) is 9.09. The van der Waals surface area contributed by atoms with Crippen LogP contribution in [0.25, 0.3) is 0 Å². The first kappa shape index (κ1) is 14.4. The molecule has 1 saturated carbocycles. The minimum Gasteiger partial charge on any atom is -0.494 e. The van der Waals surface area contributed by atoms with E-state index in [2.05, 4.69) is 31.3 Å². The Morgan fingerprint density at radius 3 is 2.68 bits per heavy atom. The van der Waals surface area contributed by atoms with Crippen LogP contribution in [-0.2, 0) is 11.3 Å². The summed E-state index contributed by atoms with van der Waals surface area (Å²) in [7, 11) is 1.80. The van der Waals surface area contributed by atoms with Crippen molar-refractivity contribution in [3.05, 3.63) is 29.8 Å². The molecule has 1 aliphatic carbocycles. The van der Waals surface area contributed by atoms with Crippen molar-refractivity contribution in [3.8, 4) is 5.75 Å². The highest BCUT2D eigenvalue weighted by atomic mass is 16.5. The highest BCUT2D eigenvalue weighted by molar-refractivity contribution is 5.33. The van der Waals surface area contributed by atoms with Gasteiger partial charge in [0.15, 0.2) is 0 Å². The van der Waals surface area contributed by atoms with E-state index >= 15 is 0 Å². The van der Waals surface area contributed by atoms with Crippen LogP contribution in [0.2, 0.25) is 0 Å². The number of benzene rings is 1. The van der Waals surface area contributed by atoms with Crippen LogP contribution in [0.4, 0.5) is 0 Å². The molecule has 19 heavy (non-hydrogen) atoms. The van der Waals surface area contributed by atoms with Crippen molar-refractivity contribution in [2.24, 2.45) is 5.41 Å². The fourth-order valence-electron chi connectivity index (χ4n) is 2.81. The Morgan fingerprint density at radius 2 is 2.05 bits per heavy atom. The lowest BCUT2D eigenvalue weighted by atomic mass is 9.64. The minimum atomic E-state index is 0.204. The van der Waals surface area contributed by atoms with Gasteiger partial charge in [-0.2, -0.15) is 0 Å². The van der Waals surface area contributed by atoms with Gasteiger partial charge in [-0.1, -0.05) is 32.0 Å². The minimum absolute atomic E-state index is 0.204. The number of para-hydroxylation sites is 1. The van der Waals surface area contributed by atoms with Gasteiger partial charge in [0.25, 0.3) is 0 Å². The third kappa shape index (κ3) is 2.93. The molecule has 1 aromatic carbocycles. The van der Waals surface area contributed by atoms with Gasteiger partial charge in [0, 0.05) is 30.7 Å². The van der Waals surface area contributed by atoms with Gasteiger partial charge in [-0.05, 0) is 19.4 Å². The molecule has 1 N–H and O–H groups in total. The van der Waals surface area contributed by atoms with Gasteiger partial charge >= 0.3 is 0 Å². The second kappa shape index (κ2) is 5.93. The maximum Gasteiger partial charge on any atom is 0.123 e. The monoisotopic (exact) mass is 263 g/mol. The number of hydrogen-bond acceptors (Lipinski definition) is 3. The van der Waals surface area contributed by atoms with Crippen molar-refractivity contribution in [2.45, 2.75) is 45.9 Å². The van der Waals surface area contributed by atoms with Gasteiger partial charge in [0.1, 0.15) is 5.75 Å². The molecule has 2 unspecified atom stereocenters. The Balaban J connectivity index is 1.93. The van der Waals surface area contributed by atoms with Crippen LogP contribution in [0.3, 0.4) is 0 Å². The van der Waals surface area contributed by atoms with Crippen LogP contribution < -0.4 is 10.1 Å². The van der Waals surface area contributed by atoms with E-state index in [0.717, 1.165) is 18.7 Å². The SMILES string of the molecule is CCOc1ccccc1CNC1CC(OC)C1(C)C. The highest BCUT2D eigenvalue weighted by Crippen LogP contribution is 2.42. The van der Waals surface area contributed by atoms with Gasteiger partial charge in [0.05, 0.1) is 12.7 Å². The van der Waals surface area contributed by atoms with E-state index in [1.165, 1.54) is 5.56 Å². The smallest absolute Gasteiger partial charge is 0.123 e. The third-order valence-electron chi connectivity index (χ3n) is 4.27. The molecule has 0 aliphatic heterocycles. The van der Waals surface area contributed by atoms with Crippen LogP contribution in [0.5, 0.6) is 5.75 Å². The lowest BCUT2D eigenvalue weighted by molar-refractivity contribution is -0.0979. The highest BCUT2D eigenvalue weighted by Gasteiger charge is 2.48. The van der Waals surface area contributed by atoms with Crippen molar-refractivity contribution in [1.82, 2.24) is 5.32 Å². The first-order valence-electron chi connectivity index (χ1n) is 7.06. The summed E-state index contributed by atoms with van der Waals surface area (Å²) in [4.78, 5) is 0. The molecule has 106 valence electrons. The van der Waals surface area contributed by atoms with Crippen molar-refractivity contribution in [2.75, 3.05) is 13.7 Å². The summed E-state index contributed by atoms with van der Waals surface area (Å²) >= 11 is 0. The van der Waals surface area contributed by atoms with E-state index in [4.69, 9.17) is 9.47 Å². The summed E-state index contributed by atoms with van der Waals surface area (Å²) in [6.45, 7) is 8.09. The van der Waals surface area contributed by atoms with E-state index in [1.807, 2.05) is 19.1 Å². The van der Waals surface area contributed by atoms with Gasteiger partial charge in [-0.15, -0.1) is 0 Å². The van der Waals surface area contributed by atoms with Gasteiger partial charge in [-0.25, -0.2) is 0 Å². The average Bonchev–Trinajstić information content (AvgIpc) is 2.40. The number of rotatable bonds is 6. The molecule has 0 amide bonds. The molecule has 0 spiro atoms. The number of hydrogen-bond donors (Lipinski definition) is 1. The summed E-state index contributed by atoms with van der Waals surface area (Å²) in [6, 6.07) is 8.74. The first-order valence-corrected chi connectivity index (χ1v) is 7.06. The molecule has 0 saturated heterocycles. The Labute approximate surface area is 116 Å². The molecular weight excluding hydrogens is 238 g/mol. The Hall–Kier alpha value is -1.06. The van der Waals surface area contributed by atoms with E-state index in [0.29, 0.717) is 18.8 Å². The second-order valence-corrected chi connectivity index (χ2v) is 5.76. The van der Waals surface area contributed by atoms with E-state index in [1.54, 1.807) is 7.11 Å². The summed E-state index contributed by atoms with van der Waals surface area (Å²) in [5.74, 6) is 0.984. The maximum absolute atomic E-state index is 5.65. The standard InChI is InChI=1S/C16H25NO2/c1-5-19-13-9-7-6-8-12(13)11-17-14-10-15(18-4)16(14,2)3/h6-9,14-15,17H,5,10-11H2,1-4H3.